The molecule has 5 heteroatoms. The van der Waals surface area contributed by atoms with Gasteiger partial charge in [-0.15, -0.1) is 0 Å². The summed E-state index contributed by atoms with van der Waals surface area (Å²) in [5, 5.41) is 10.4. The van der Waals surface area contributed by atoms with Gasteiger partial charge in [-0.25, -0.2) is 0 Å². The van der Waals surface area contributed by atoms with Gasteiger partial charge in [-0.3, -0.25) is 14.6 Å². The first-order chi connectivity index (χ1) is 11.3. The number of hydrogen-bond acceptors (Lipinski definition) is 3. The van der Waals surface area contributed by atoms with Crippen molar-refractivity contribution in [2.45, 2.75) is 33.6 Å². The maximum Gasteiger partial charge on any atom is 0.311 e. The summed E-state index contributed by atoms with van der Waals surface area (Å²) in [5.74, 6) is -0.860. The second-order valence-electron chi connectivity index (χ2n) is 6.93. The van der Waals surface area contributed by atoms with E-state index in [2.05, 4.69) is 4.98 Å². The second-order valence-corrected chi connectivity index (χ2v) is 6.93. The van der Waals surface area contributed by atoms with E-state index in [9.17, 15) is 14.7 Å². The van der Waals surface area contributed by atoms with E-state index in [1.54, 1.807) is 11.8 Å². The van der Waals surface area contributed by atoms with E-state index in [1.165, 1.54) is 0 Å². The van der Waals surface area contributed by atoms with Gasteiger partial charge in [0.25, 0.3) is 0 Å². The summed E-state index contributed by atoms with van der Waals surface area (Å²) in [6.45, 7) is 6.43. The molecule has 0 aliphatic carbocycles. The molecule has 0 radical (unpaired) electrons. The van der Waals surface area contributed by atoms with Gasteiger partial charge in [0.15, 0.2) is 0 Å². The summed E-state index contributed by atoms with van der Waals surface area (Å²) in [6, 6.07) is 7.91. The predicted molar refractivity (Wildman–Crippen MR) is 91.9 cm³/mol. The molecule has 1 aliphatic rings. The third-order valence-corrected chi connectivity index (χ3v) is 5.16. The monoisotopic (exact) mass is 326 g/mol. The van der Waals surface area contributed by atoms with Crippen LogP contribution < -0.4 is 0 Å². The number of aryl methyl sites for hydroxylation is 2. The van der Waals surface area contributed by atoms with Crippen LogP contribution in [0.15, 0.2) is 24.3 Å². The quantitative estimate of drug-likeness (QED) is 0.941. The Labute approximate surface area is 141 Å². The van der Waals surface area contributed by atoms with Crippen LogP contribution in [0, 0.1) is 19.3 Å². The molecule has 1 fully saturated rings. The molecule has 1 aromatic heterocycles. The summed E-state index contributed by atoms with van der Waals surface area (Å²) >= 11 is 0. The molecule has 1 aliphatic heterocycles. The number of aliphatic carboxylic acids is 1. The molecule has 1 N–H and O–H groups in total. The first-order valence-electron chi connectivity index (χ1n) is 8.18. The molecule has 1 aromatic carbocycles. The number of amides is 1. The molecule has 5 nitrogen and oxygen atoms in total. The molecular formula is C19H22N2O3. The lowest BCUT2D eigenvalue weighted by molar-refractivity contribution is -0.147. The molecule has 2 aromatic rings. The molecule has 0 saturated carbocycles. The predicted octanol–water partition coefficient (Wildman–Crippen LogP) is 2.72. The number of hydrogen-bond donors (Lipinski definition) is 1. The lowest BCUT2D eigenvalue weighted by Gasteiger charge is -2.21. The fraction of sp³-hybridized carbons (Fsp3) is 0.421. The highest BCUT2D eigenvalue weighted by Gasteiger charge is 2.42. The van der Waals surface area contributed by atoms with E-state index in [0.717, 1.165) is 27.7 Å². The Kier molecular flexibility index (Phi) is 4.03. The minimum absolute atomic E-state index is 0.0248. The van der Waals surface area contributed by atoms with Gasteiger partial charge in [0, 0.05) is 24.2 Å². The summed E-state index contributed by atoms with van der Waals surface area (Å²) in [4.78, 5) is 30.3. The number of aromatic nitrogens is 1. The van der Waals surface area contributed by atoms with Crippen molar-refractivity contribution in [3.8, 4) is 0 Å². The Morgan fingerprint density at radius 3 is 2.67 bits per heavy atom. The molecule has 3 rings (SSSR count). The number of rotatable bonds is 3. The molecule has 1 unspecified atom stereocenters. The van der Waals surface area contributed by atoms with Crippen LogP contribution in [0.4, 0.5) is 0 Å². The second kappa shape index (κ2) is 5.89. The summed E-state index contributed by atoms with van der Waals surface area (Å²) in [5.41, 5.74) is 2.99. The van der Waals surface area contributed by atoms with Crippen LogP contribution in [-0.2, 0) is 16.0 Å². The Bertz CT molecular complexity index is 831. The maximum absolute atomic E-state index is 12.7. The summed E-state index contributed by atoms with van der Waals surface area (Å²) in [6.07, 6.45) is 0.771. The summed E-state index contributed by atoms with van der Waals surface area (Å²) < 4.78 is 0. The van der Waals surface area contributed by atoms with Crippen LogP contribution in [0.25, 0.3) is 10.9 Å². The molecule has 0 spiro atoms. The SMILES string of the molecule is Cc1nc2ccccc2c(C)c1CC(=O)N1CCC(C)(C(=O)O)C1. The van der Waals surface area contributed by atoms with Crippen LogP contribution in [0.5, 0.6) is 0 Å². The van der Waals surface area contributed by atoms with Crippen LogP contribution in [-0.4, -0.2) is 40.0 Å². The Hall–Kier alpha value is -2.43. The summed E-state index contributed by atoms with van der Waals surface area (Å²) in [7, 11) is 0. The van der Waals surface area contributed by atoms with Crippen molar-refractivity contribution in [3.63, 3.8) is 0 Å². The molecular weight excluding hydrogens is 304 g/mol. The van der Waals surface area contributed by atoms with Gasteiger partial charge in [0.05, 0.1) is 17.4 Å². The number of fused-ring (bicyclic) bond motifs is 1. The molecule has 1 atom stereocenters. The average molecular weight is 326 g/mol. The zero-order valence-corrected chi connectivity index (χ0v) is 14.3. The highest BCUT2D eigenvalue weighted by atomic mass is 16.4. The Balaban J connectivity index is 1.85. The number of nitrogens with zero attached hydrogens (tertiary/aromatic N) is 2. The van der Waals surface area contributed by atoms with Crippen molar-refractivity contribution >= 4 is 22.8 Å². The Morgan fingerprint density at radius 1 is 1.29 bits per heavy atom. The van der Waals surface area contributed by atoms with Crippen molar-refractivity contribution in [1.29, 1.82) is 0 Å². The number of pyridine rings is 1. The van der Waals surface area contributed by atoms with Gasteiger partial charge < -0.3 is 10.0 Å². The fourth-order valence-corrected chi connectivity index (χ4v) is 3.44. The molecule has 24 heavy (non-hydrogen) atoms. The van der Waals surface area contributed by atoms with Crippen LogP contribution >= 0.6 is 0 Å². The number of carbonyl (C=O) groups is 2. The number of para-hydroxylation sites is 1. The highest BCUT2D eigenvalue weighted by molar-refractivity contribution is 5.87. The first-order valence-corrected chi connectivity index (χ1v) is 8.18. The van der Waals surface area contributed by atoms with Crippen molar-refractivity contribution in [1.82, 2.24) is 9.88 Å². The van der Waals surface area contributed by atoms with Crippen molar-refractivity contribution in [3.05, 3.63) is 41.1 Å². The minimum atomic E-state index is -0.836. The fourth-order valence-electron chi connectivity index (χ4n) is 3.44. The highest BCUT2D eigenvalue weighted by Crippen LogP contribution is 2.31. The van der Waals surface area contributed by atoms with E-state index in [0.29, 0.717) is 13.0 Å². The smallest absolute Gasteiger partial charge is 0.311 e. The normalized spacial score (nSPS) is 20.5. The Morgan fingerprint density at radius 2 is 2.00 bits per heavy atom. The van der Waals surface area contributed by atoms with Crippen LogP contribution in [0.3, 0.4) is 0 Å². The minimum Gasteiger partial charge on any atom is -0.481 e. The molecule has 2 heterocycles. The van der Waals surface area contributed by atoms with Gasteiger partial charge in [-0.1, -0.05) is 18.2 Å². The van der Waals surface area contributed by atoms with Crippen molar-refractivity contribution in [2.75, 3.05) is 13.1 Å². The van der Waals surface area contributed by atoms with E-state index in [-0.39, 0.29) is 18.9 Å². The van der Waals surface area contributed by atoms with E-state index < -0.39 is 11.4 Å². The molecule has 1 saturated heterocycles. The topological polar surface area (TPSA) is 70.5 Å². The van der Waals surface area contributed by atoms with Crippen molar-refractivity contribution < 1.29 is 14.7 Å². The maximum atomic E-state index is 12.7. The van der Waals surface area contributed by atoms with Crippen LogP contribution in [0.2, 0.25) is 0 Å². The van der Waals surface area contributed by atoms with E-state index >= 15 is 0 Å². The van der Waals surface area contributed by atoms with Gasteiger partial charge >= 0.3 is 5.97 Å². The van der Waals surface area contributed by atoms with E-state index in [1.807, 2.05) is 38.1 Å². The zero-order chi connectivity index (χ0) is 17.5. The number of carboxylic acid groups (broad SMARTS) is 1. The number of carbonyl (C=O) groups excluding carboxylic acids is 1. The van der Waals surface area contributed by atoms with Crippen LogP contribution in [0.1, 0.15) is 30.2 Å². The third-order valence-electron chi connectivity index (χ3n) is 5.16. The lowest BCUT2D eigenvalue weighted by atomic mass is 9.90. The van der Waals surface area contributed by atoms with Gasteiger partial charge in [-0.2, -0.15) is 0 Å². The van der Waals surface area contributed by atoms with E-state index in [4.69, 9.17) is 0 Å². The van der Waals surface area contributed by atoms with Gasteiger partial charge in [0.1, 0.15) is 0 Å². The number of benzene rings is 1. The molecule has 126 valence electrons. The van der Waals surface area contributed by atoms with Gasteiger partial charge in [0.2, 0.25) is 5.91 Å². The molecule has 1 amide bonds. The molecule has 0 bridgehead atoms. The zero-order valence-electron chi connectivity index (χ0n) is 14.3. The van der Waals surface area contributed by atoms with Crippen molar-refractivity contribution in [2.24, 2.45) is 5.41 Å². The number of carboxylic acids is 1. The van der Waals surface area contributed by atoms with Gasteiger partial charge in [-0.05, 0) is 44.4 Å². The third kappa shape index (κ3) is 2.75. The average Bonchev–Trinajstić information content (AvgIpc) is 2.95. The standard InChI is InChI=1S/C19H22N2O3/c1-12-14-6-4-5-7-16(14)20-13(2)15(12)10-17(22)21-9-8-19(3,11-21)18(23)24/h4-7H,8-11H2,1-3H3,(H,23,24). The lowest BCUT2D eigenvalue weighted by Crippen LogP contribution is -2.35. The number of likely N-dealkylation sites (tertiary alicyclic amines) is 1. The largest absolute Gasteiger partial charge is 0.481 e. The first kappa shape index (κ1) is 16.4.